The molecule has 2 amide bonds. The maximum atomic E-state index is 12.4. The van der Waals surface area contributed by atoms with Gasteiger partial charge in [0.15, 0.2) is 0 Å². The first kappa shape index (κ1) is 20.8. The van der Waals surface area contributed by atoms with Gasteiger partial charge in [-0.1, -0.05) is 29.8 Å². The highest BCUT2D eigenvalue weighted by Gasteiger charge is 2.09. The van der Waals surface area contributed by atoms with Crippen LogP contribution >= 0.6 is 23.4 Å². The zero-order valence-corrected chi connectivity index (χ0v) is 17.2. The van der Waals surface area contributed by atoms with Crippen molar-refractivity contribution >= 4 is 46.6 Å². The average molecular weight is 427 g/mol. The summed E-state index contributed by atoms with van der Waals surface area (Å²) >= 11 is 7.43. The Morgan fingerprint density at radius 3 is 2.45 bits per heavy atom. The van der Waals surface area contributed by atoms with Crippen LogP contribution in [0.25, 0.3) is 0 Å². The van der Waals surface area contributed by atoms with Crippen LogP contribution in [0.2, 0.25) is 5.02 Å². The monoisotopic (exact) mass is 426 g/mol. The third kappa shape index (κ3) is 6.01. The summed E-state index contributed by atoms with van der Waals surface area (Å²) < 4.78 is 5.10. The molecule has 3 aromatic carbocycles. The number of carbonyl (C=O) groups is 2. The first-order valence-corrected chi connectivity index (χ1v) is 10.1. The predicted molar refractivity (Wildman–Crippen MR) is 118 cm³/mol. The van der Waals surface area contributed by atoms with Gasteiger partial charge < -0.3 is 15.4 Å². The van der Waals surface area contributed by atoms with E-state index in [1.807, 2.05) is 24.3 Å². The minimum absolute atomic E-state index is 0.157. The van der Waals surface area contributed by atoms with E-state index in [0.717, 1.165) is 4.90 Å². The Kier molecular flexibility index (Phi) is 7.16. The molecular weight excluding hydrogens is 408 g/mol. The van der Waals surface area contributed by atoms with Gasteiger partial charge in [0, 0.05) is 16.1 Å². The molecule has 0 unspecified atom stereocenters. The van der Waals surface area contributed by atoms with Gasteiger partial charge in [0.1, 0.15) is 5.75 Å². The lowest BCUT2D eigenvalue weighted by molar-refractivity contribution is -0.113. The number of nitrogens with one attached hydrogen (secondary N) is 2. The number of benzene rings is 3. The number of methoxy groups -OCH3 is 1. The van der Waals surface area contributed by atoms with Gasteiger partial charge in [0.05, 0.1) is 23.6 Å². The molecule has 2 N–H and O–H groups in total. The number of para-hydroxylation sites is 1. The van der Waals surface area contributed by atoms with E-state index in [4.69, 9.17) is 16.3 Å². The first-order chi connectivity index (χ1) is 14.0. The lowest BCUT2D eigenvalue weighted by Gasteiger charge is -2.09. The van der Waals surface area contributed by atoms with Gasteiger partial charge in [0.2, 0.25) is 5.91 Å². The average Bonchev–Trinajstić information content (AvgIpc) is 2.74. The molecule has 0 spiro atoms. The second kappa shape index (κ2) is 10.0. The van der Waals surface area contributed by atoms with Crippen LogP contribution in [-0.2, 0) is 4.79 Å². The lowest BCUT2D eigenvalue weighted by atomic mass is 10.2. The molecule has 0 aromatic heterocycles. The van der Waals surface area contributed by atoms with Crippen molar-refractivity contribution in [2.45, 2.75) is 4.90 Å². The van der Waals surface area contributed by atoms with Gasteiger partial charge >= 0.3 is 0 Å². The number of hydrogen-bond acceptors (Lipinski definition) is 4. The van der Waals surface area contributed by atoms with E-state index in [-0.39, 0.29) is 17.6 Å². The van der Waals surface area contributed by atoms with E-state index in [1.54, 1.807) is 55.6 Å². The second-order valence-electron chi connectivity index (χ2n) is 6.03. The molecule has 29 heavy (non-hydrogen) atoms. The molecule has 3 aromatic rings. The molecule has 0 saturated carbocycles. The Hall–Kier alpha value is -2.96. The zero-order chi connectivity index (χ0) is 20.6. The molecule has 5 nitrogen and oxygen atoms in total. The van der Waals surface area contributed by atoms with Crippen LogP contribution in [0.3, 0.4) is 0 Å². The van der Waals surface area contributed by atoms with Gasteiger partial charge in [0.25, 0.3) is 5.91 Å². The van der Waals surface area contributed by atoms with Crippen LogP contribution in [0.5, 0.6) is 5.75 Å². The van der Waals surface area contributed by atoms with Gasteiger partial charge in [-0.3, -0.25) is 9.59 Å². The molecule has 7 heteroatoms. The molecule has 0 saturated heterocycles. The molecule has 0 fully saturated rings. The summed E-state index contributed by atoms with van der Waals surface area (Å²) in [4.78, 5) is 25.4. The highest BCUT2D eigenvalue weighted by atomic mass is 35.5. The Bertz CT molecular complexity index is 1010. The van der Waals surface area contributed by atoms with Crippen LogP contribution in [0.4, 0.5) is 11.4 Å². The summed E-state index contributed by atoms with van der Waals surface area (Å²) in [5.41, 5.74) is 1.77. The number of ether oxygens (including phenoxy) is 1. The summed E-state index contributed by atoms with van der Waals surface area (Å²) in [7, 11) is 1.58. The molecule has 0 bridgehead atoms. The van der Waals surface area contributed by atoms with Crippen LogP contribution < -0.4 is 15.4 Å². The molecule has 0 atom stereocenters. The van der Waals surface area contributed by atoms with Crippen molar-refractivity contribution in [3.63, 3.8) is 0 Å². The maximum Gasteiger partial charge on any atom is 0.255 e. The summed E-state index contributed by atoms with van der Waals surface area (Å²) in [6.45, 7) is 0. The van der Waals surface area contributed by atoms with Crippen molar-refractivity contribution < 1.29 is 14.3 Å². The highest BCUT2D eigenvalue weighted by molar-refractivity contribution is 8.00. The smallest absolute Gasteiger partial charge is 0.255 e. The van der Waals surface area contributed by atoms with E-state index < -0.39 is 0 Å². The fourth-order valence-corrected chi connectivity index (χ4v) is 3.45. The number of anilines is 2. The Balaban J connectivity index is 1.56. The quantitative estimate of drug-likeness (QED) is 0.501. The van der Waals surface area contributed by atoms with Crippen LogP contribution in [0, 0.1) is 0 Å². The first-order valence-electron chi connectivity index (χ1n) is 8.78. The minimum atomic E-state index is -0.216. The molecule has 0 aliphatic carbocycles. The van der Waals surface area contributed by atoms with E-state index in [9.17, 15) is 9.59 Å². The molecule has 148 valence electrons. The van der Waals surface area contributed by atoms with Crippen molar-refractivity contribution in [3.8, 4) is 5.75 Å². The fraction of sp³-hybridized carbons (Fsp3) is 0.0909. The standard InChI is InChI=1S/C22H19ClN2O3S/c1-28-17-11-9-15(10-12-17)22(27)24-16-5-4-6-18(13-16)29-14-21(26)25-20-8-3-2-7-19(20)23/h2-13H,14H2,1H3,(H,24,27)(H,25,26). The Morgan fingerprint density at radius 2 is 1.72 bits per heavy atom. The summed E-state index contributed by atoms with van der Waals surface area (Å²) in [5.74, 6) is 0.540. The van der Waals surface area contributed by atoms with Crippen molar-refractivity contribution in [1.29, 1.82) is 0 Å². The predicted octanol–water partition coefficient (Wildman–Crippen LogP) is 5.33. The normalized spacial score (nSPS) is 10.3. The van der Waals surface area contributed by atoms with Gasteiger partial charge in [-0.05, 0) is 54.6 Å². The number of carbonyl (C=O) groups excluding carboxylic acids is 2. The highest BCUT2D eigenvalue weighted by Crippen LogP contribution is 2.24. The van der Waals surface area contributed by atoms with E-state index >= 15 is 0 Å². The molecular formula is C22H19ClN2O3S. The lowest BCUT2D eigenvalue weighted by Crippen LogP contribution is -2.14. The third-order valence-corrected chi connectivity index (χ3v) is 5.29. The van der Waals surface area contributed by atoms with Crippen LogP contribution in [0.1, 0.15) is 10.4 Å². The molecule has 0 radical (unpaired) electrons. The molecule has 0 aliphatic heterocycles. The van der Waals surface area contributed by atoms with Crippen molar-refractivity contribution in [3.05, 3.63) is 83.4 Å². The van der Waals surface area contributed by atoms with Gasteiger partial charge in [-0.2, -0.15) is 0 Å². The fourth-order valence-electron chi connectivity index (χ4n) is 2.51. The van der Waals surface area contributed by atoms with Gasteiger partial charge in [-0.15, -0.1) is 11.8 Å². The van der Waals surface area contributed by atoms with Crippen molar-refractivity contribution in [2.75, 3.05) is 23.5 Å². The summed E-state index contributed by atoms with van der Waals surface area (Å²) in [6, 6.07) is 21.3. The van der Waals surface area contributed by atoms with E-state index in [1.165, 1.54) is 11.8 Å². The number of halogens is 1. The second-order valence-corrected chi connectivity index (χ2v) is 7.48. The summed E-state index contributed by atoms with van der Waals surface area (Å²) in [6.07, 6.45) is 0. The third-order valence-electron chi connectivity index (χ3n) is 3.96. The maximum absolute atomic E-state index is 12.4. The summed E-state index contributed by atoms with van der Waals surface area (Å²) in [5, 5.41) is 6.14. The number of thioether (sulfide) groups is 1. The van der Waals surface area contributed by atoms with E-state index in [0.29, 0.717) is 27.7 Å². The molecule has 0 aliphatic rings. The molecule has 3 rings (SSSR count). The number of rotatable bonds is 7. The topological polar surface area (TPSA) is 67.4 Å². The number of amides is 2. The Morgan fingerprint density at radius 1 is 0.966 bits per heavy atom. The zero-order valence-electron chi connectivity index (χ0n) is 15.6. The van der Waals surface area contributed by atoms with Gasteiger partial charge in [-0.25, -0.2) is 0 Å². The Labute approximate surface area is 178 Å². The van der Waals surface area contributed by atoms with E-state index in [2.05, 4.69) is 10.6 Å². The van der Waals surface area contributed by atoms with Crippen LogP contribution in [-0.4, -0.2) is 24.7 Å². The van der Waals surface area contributed by atoms with Crippen LogP contribution in [0.15, 0.2) is 77.7 Å². The number of hydrogen-bond donors (Lipinski definition) is 2. The van der Waals surface area contributed by atoms with Crippen molar-refractivity contribution in [2.24, 2.45) is 0 Å². The van der Waals surface area contributed by atoms with Crippen molar-refractivity contribution in [1.82, 2.24) is 0 Å². The SMILES string of the molecule is COc1ccc(C(=O)Nc2cccc(SCC(=O)Nc3ccccc3Cl)c2)cc1. The minimum Gasteiger partial charge on any atom is -0.497 e. The molecule has 0 heterocycles. The largest absolute Gasteiger partial charge is 0.497 e.